The van der Waals surface area contributed by atoms with Crippen molar-refractivity contribution in [2.45, 2.75) is 38.5 Å². The Bertz CT molecular complexity index is 3060. The minimum atomic E-state index is -0.189. The van der Waals surface area contributed by atoms with E-state index >= 15 is 0 Å². The Hall–Kier alpha value is -6.96. The molecule has 9 aromatic carbocycles. The molecular weight excluding hydrogens is 711 g/mol. The molecule has 0 saturated carbocycles. The molecule has 0 bridgehead atoms. The van der Waals surface area contributed by atoms with E-state index in [9.17, 15) is 0 Å². The minimum absolute atomic E-state index is 0.0707. The van der Waals surface area contributed by atoms with E-state index in [1.165, 1.54) is 88.7 Å². The van der Waals surface area contributed by atoms with Crippen LogP contribution in [0, 0.1) is 0 Å². The van der Waals surface area contributed by atoms with Crippen LogP contribution in [0.3, 0.4) is 0 Å². The molecule has 0 fully saturated rings. The van der Waals surface area contributed by atoms with Crippen molar-refractivity contribution in [3.63, 3.8) is 0 Å². The van der Waals surface area contributed by atoms with Crippen LogP contribution in [0.25, 0.3) is 66.4 Å². The first kappa shape index (κ1) is 35.2. The van der Waals surface area contributed by atoms with E-state index < -0.39 is 0 Å². The van der Waals surface area contributed by atoms with Gasteiger partial charge in [-0.25, -0.2) is 0 Å². The molecule has 2 aliphatic carbocycles. The maximum absolute atomic E-state index is 2.40. The summed E-state index contributed by atoms with van der Waals surface area (Å²) in [5, 5.41) is 2.67. The summed E-state index contributed by atoms with van der Waals surface area (Å²) >= 11 is 0. The lowest BCUT2D eigenvalue weighted by molar-refractivity contribution is 0.647. The van der Waals surface area contributed by atoms with E-state index in [0.717, 1.165) is 17.1 Å². The van der Waals surface area contributed by atoms with Crippen LogP contribution in [0.2, 0.25) is 0 Å². The average Bonchev–Trinajstić information content (AvgIpc) is 3.51. The van der Waals surface area contributed by atoms with Gasteiger partial charge in [0.1, 0.15) is 0 Å². The summed E-state index contributed by atoms with van der Waals surface area (Å²) in [5.74, 6) is 0. The van der Waals surface area contributed by atoms with Crippen LogP contribution in [0.5, 0.6) is 0 Å². The molecule has 2 aliphatic rings. The molecule has 1 nitrogen and oxygen atoms in total. The molecule has 9 aromatic rings. The Morgan fingerprint density at radius 1 is 0.322 bits per heavy atom. The Balaban J connectivity index is 0.959. The van der Waals surface area contributed by atoms with Gasteiger partial charge in [-0.1, -0.05) is 191 Å². The van der Waals surface area contributed by atoms with Gasteiger partial charge >= 0.3 is 0 Å². The summed E-state index contributed by atoms with van der Waals surface area (Å²) < 4.78 is 0. The van der Waals surface area contributed by atoms with Crippen LogP contribution >= 0.6 is 0 Å². The van der Waals surface area contributed by atoms with Crippen molar-refractivity contribution in [1.29, 1.82) is 0 Å². The monoisotopic (exact) mass is 755 g/mol. The van der Waals surface area contributed by atoms with Crippen molar-refractivity contribution in [1.82, 2.24) is 0 Å². The van der Waals surface area contributed by atoms with E-state index in [1.807, 2.05) is 0 Å². The van der Waals surface area contributed by atoms with Gasteiger partial charge in [0.05, 0.1) is 0 Å². The largest absolute Gasteiger partial charge is 0.310 e. The molecule has 0 aromatic heterocycles. The van der Waals surface area contributed by atoms with Crippen molar-refractivity contribution in [2.24, 2.45) is 0 Å². The van der Waals surface area contributed by atoms with E-state index in [1.54, 1.807) is 0 Å². The second kappa shape index (κ2) is 13.3. The Labute approximate surface area is 347 Å². The third-order valence-electron chi connectivity index (χ3n) is 13.3. The fourth-order valence-corrected chi connectivity index (χ4v) is 10.3. The van der Waals surface area contributed by atoms with Crippen molar-refractivity contribution in [3.8, 4) is 55.6 Å². The Kier molecular flexibility index (Phi) is 7.94. The van der Waals surface area contributed by atoms with Crippen LogP contribution in [0.4, 0.5) is 17.1 Å². The highest BCUT2D eigenvalue weighted by Crippen LogP contribution is 2.55. The van der Waals surface area contributed by atoms with Gasteiger partial charge in [0.15, 0.2) is 0 Å². The van der Waals surface area contributed by atoms with Gasteiger partial charge in [-0.05, 0) is 125 Å². The smallest absolute Gasteiger partial charge is 0.0465 e. The molecule has 0 N–H and O–H groups in total. The fraction of sp³-hybridized carbons (Fsp3) is 0.103. The number of hydrogen-bond acceptors (Lipinski definition) is 1. The molecule has 0 heterocycles. The molecule has 0 atom stereocenters. The maximum Gasteiger partial charge on any atom is 0.0465 e. The summed E-state index contributed by atoms with van der Waals surface area (Å²) in [5.41, 5.74) is 21.5. The Morgan fingerprint density at radius 3 is 1.61 bits per heavy atom. The number of para-hydroxylation sites is 1. The highest BCUT2D eigenvalue weighted by molar-refractivity contribution is 6.10. The van der Waals surface area contributed by atoms with Crippen molar-refractivity contribution in [3.05, 3.63) is 222 Å². The van der Waals surface area contributed by atoms with Crippen molar-refractivity contribution in [2.75, 3.05) is 4.90 Å². The van der Waals surface area contributed by atoms with Crippen molar-refractivity contribution < 1.29 is 0 Å². The number of benzene rings is 9. The molecule has 0 saturated heterocycles. The fourth-order valence-electron chi connectivity index (χ4n) is 10.3. The number of anilines is 3. The summed E-state index contributed by atoms with van der Waals surface area (Å²) in [6, 6.07) is 74.1. The van der Waals surface area contributed by atoms with Crippen molar-refractivity contribution >= 4 is 27.8 Å². The van der Waals surface area contributed by atoms with Crippen LogP contribution in [-0.2, 0) is 10.8 Å². The molecule has 0 radical (unpaired) electrons. The lowest BCUT2D eigenvalue weighted by Gasteiger charge is -2.38. The van der Waals surface area contributed by atoms with Gasteiger partial charge in [-0.15, -0.1) is 0 Å². The molecule has 0 unspecified atom stereocenters. The molecule has 1 heteroatoms. The molecular formula is C58H45N. The topological polar surface area (TPSA) is 3.24 Å². The van der Waals surface area contributed by atoms with E-state index in [0.29, 0.717) is 0 Å². The van der Waals surface area contributed by atoms with Gasteiger partial charge in [0.2, 0.25) is 0 Å². The maximum atomic E-state index is 2.40. The first-order valence-corrected chi connectivity index (χ1v) is 20.8. The highest BCUT2D eigenvalue weighted by Gasteiger charge is 2.37. The number of hydrogen-bond donors (Lipinski definition) is 0. The molecule has 0 aliphatic heterocycles. The zero-order chi connectivity index (χ0) is 39.9. The molecule has 0 amide bonds. The highest BCUT2D eigenvalue weighted by atomic mass is 15.1. The molecule has 282 valence electrons. The minimum Gasteiger partial charge on any atom is -0.310 e. The normalized spacial score (nSPS) is 14.0. The molecule has 59 heavy (non-hydrogen) atoms. The quantitative estimate of drug-likeness (QED) is 0.163. The van der Waals surface area contributed by atoms with Crippen LogP contribution in [0.1, 0.15) is 49.9 Å². The summed E-state index contributed by atoms with van der Waals surface area (Å²) in [7, 11) is 0. The predicted octanol–water partition coefficient (Wildman–Crippen LogP) is 15.9. The number of rotatable bonds is 6. The summed E-state index contributed by atoms with van der Waals surface area (Å²) in [6.07, 6.45) is 0. The van der Waals surface area contributed by atoms with Gasteiger partial charge in [0.25, 0.3) is 0 Å². The second-order valence-corrected chi connectivity index (χ2v) is 17.3. The van der Waals surface area contributed by atoms with E-state index in [2.05, 4.69) is 233 Å². The van der Waals surface area contributed by atoms with E-state index in [-0.39, 0.29) is 10.8 Å². The lowest BCUT2D eigenvalue weighted by atomic mass is 9.65. The van der Waals surface area contributed by atoms with E-state index in [4.69, 9.17) is 0 Å². The van der Waals surface area contributed by atoms with Gasteiger partial charge in [-0.2, -0.15) is 0 Å². The summed E-state index contributed by atoms with van der Waals surface area (Å²) in [4.78, 5) is 2.38. The SMILES string of the molecule is CC1(C)c2ccccc2-c2ccc(N(c3ccccc3)c3ccc(-c4ccc(-c5cccc6c5C(C)(C)c5cccc7ccc(-c8ccccc8)c-6c57)cc4)cc3)cc21. The zero-order valence-electron chi connectivity index (χ0n) is 34.0. The molecule has 0 spiro atoms. The van der Waals surface area contributed by atoms with Crippen LogP contribution in [-0.4, -0.2) is 0 Å². The average molecular weight is 756 g/mol. The van der Waals surface area contributed by atoms with Crippen LogP contribution in [0.15, 0.2) is 200 Å². The zero-order valence-corrected chi connectivity index (χ0v) is 34.0. The van der Waals surface area contributed by atoms with Gasteiger partial charge < -0.3 is 4.90 Å². The Morgan fingerprint density at radius 2 is 0.847 bits per heavy atom. The second-order valence-electron chi connectivity index (χ2n) is 17.3. The first-order chi connectivity index (χ1) is 28.8. The molecule has 11 rings (SSSR count). The third kappa shape index (κ3) is 5.45. The number of nitrogens with zero attached hydrogens (tertiary/aromatic N) is 1. The van der Waals surface area contributed by atoms with Crippen LogP contribution < -0.4 is 4.90 Å². The lowest BCUT2D eigenvalue weighted by Crippen LogP contribution is -2.25. The van der Waals surface area contributed by atoms with Gasteiger partial charge in [-0.3, -0.25) is 0 Å². The van der Waals surface area contributed by atoms with Gasteiger partial charge in [0, 0.05) is 27.9 Å². The summed E-state index contributed by atoms with van der Waals surface area (Å²) in [6.45, 7) is 9.50. The number of fused-ring (bicyclic) bond motifs is 5. The predicted molar refractivity (Wildman–Crippen MR) is 250 cm³/mol. The first-order valence-electron chi connectivity index (χ1n) is 20.8. The standard InChI is InChI=1S/C58H45N/c1-57(2)51-23-12-11-20-48(51)49-36-34-45(37-53(49)57)59(43-18-9-6-10-19-43)44-32-29-39(30-33-44)38-25-27-41(28-26-38)47-21-14-22-50-55-46(40-15-7-5-8-16-40)35-31-42-17-13-24-52(54(42)55)58(3,4)56(47)50/h5-37H,1-4H3. The third-order valence-corrected chi connectivity index (χ3v) is 13.3.